The van der Waals surface area contributed by atoms with Crippen molar-refractivity contribution in [2.24, 2.45) is 0 Å². The van der Waals surface area contributed by atoms with Crippen LogP contribution < -0.4 is 4.74 Å². The van der Waals surface area contributed by atoms with Crippen LogP contribution in [0.3, 0.4) is 0 Å². The van der Waals surface area contributed by atoms with Crippen molar-refractivity contribution < 1.29 is 17.9 Å². The van der Waals surface area contributed by atoms with Crippen molar-refractivity contribution in [1.29, 1.82) is 0 Å². The summed E-state index contributed by atoms with van der Waals surface area (Å²) in [6, 6.07) is 11.5. The Labute approximate surface area is 172 Å². The first-order valence-corrected chi connectivity index (χ1v) is 11.3. The van der Waals surface area contributed by atoms with Gasteiger partial charge in [-0.3, -0.25) is 4.79 Å². The molecule has 0 bridgehead atoms. The predicted octanol–water partition coefficient (Wildman–Crippen LogP) is 2.45. The maximum atomic E-state index is 13.2. The van der Waals surface area contributed by atoms with E-state index in [1.807, 2.05) is 57.2 Å². The van der Waals surface area contributed by atoms with Gasteiger partial charge in [-0.05, 0) is 43.5 Å². The summed E-state index contributed by atoms with van der Waals surface area (Å²) < 4.78 is 33.7. The minimum Gasteiger partial charge on any atom is -0.480 e. The molecule has 0 unspecified atom stereocenters. The molecule has 0 saturated carbocycles. The fourth-order valence-electron chi connectivity index (χ4n) is 4.38. The average molecular weight is 415 g/mol. The van der Waals surface area contributed by atoms with Gasteiger partial charge < -0.3 is 9.64 Å². The Balaban J connectivity index is 1.44. The van der Waals surface area contributed by atoms with E-state index in [1.165, 1.54) is 4.31 Å². The molecule has 0 aliphatic carbocycles. The first-order valence-electron chi connectivity index (χ1n) is 9.89. The highest BCUT2D eigenvalue weighted by Gasteiger charge is 2.36. The molecule has 29 heavy (non-hydrogen) atoms. The highest BCUT2D eigenvalue weighted by atomic mass is 32.2. The summed E-state index contributed by atoms with van der Waals surface area (Å²) >= 11 is 0. The summed E-state index contributed by atoms with van der Waals surface area (Å²) in [6.45, 7) is 6.96. The molecule has 2 aromatic carbocycles. The van der Waals surface area contributed by atoms with Crippen LogP contribution in [0.15, 0.2) is 41.3 Å². The minimum absolute atomic E-state index is 0.0686. The van der Waals surface area contributed by atoms with Gasteiger partial charge in [0.15, 0.2) is 6.10 Å². The van der Waals surface area contributed by atoms with E-state index in [-0.39, 0.29) is 5.91 Å². The van der Waals surface area contributed by atoms with E-state index in [9.17, 15) is 13.2 Å². The van der Waals surface area contributed by atoms with Gasteiger partial charge in [-0.15, -0.1) is 0 Å². The monoisotopic (exact) mass is 414 g/mol. The Kier molecular flexibility index (Phi) is 5.12. The molecule has 2 heterocycles. The van der Waals surface area contributed by atoms with Crippen molar-refractivity contribution in [3.63, 3.8) is 0 Å². The first-order chi connectivity index (χ1) is 13.8. The average Bonchev–Trinajstić information content (AvgIpc) is 3.10. The number of nitrogens with zero attached hydrogens (tertiary/aromatic N) is 2. The Morgan fingerprint density at radius 2 is 1.62 bits per heavy atom. The molecule has 6 nitrogen and oxygen atoms in total. The van der Waals surface area contributed by atoms with Crippen molar-refractivity contribution in [2.75, 3.05) is 26.2 Å². The molecular formula is C22H26N2O4S. The molecule has 4 rings (SSSR count). The molecule has 2 aliphatic heterocycles. The molecule has 1 fully saturated rings. The van der Waals surface area contributed by atoms with Crippen molar-refractivity contribution in [3.05, 3.63) is 58.7 Å². The van der Waals surface area contributed by atoms with Crippen LogP contribution in [0.25, 0.3) is 0 Å². The van der Waals surface area contributed by atoms with E-state index in [0.717, 1.165) is 28.0 Å². The van der Waals surface area contributed by atoms with Gasteiger partial charge in [-0.1, -0.05) is 35.9 Å². The second kappa shape index (κ2) is 7.46. The topological polar surface area (TPSA) is 66.9 Å². The number of para-hydroxylation sites is 1. The minimum atomic E-state index is -3.59. The normalized spacial score (nSPS) is 19.7. The van der Waals surface area contributed by atoms with Crippen LogP contribution in [0.1, 0.15) is 22.3 Å². The SMILES string of the molecule is Cc1cc(C)c(S(=O)(=O)N2CCN(C(=O)[C@@H]3Cc4ccccc4O3)CC2)c(C)c1. The fourth-order valence-corrected chi connectivity index (χ4v) is 6.21. The summed E-state index contributed by atoms with van der Waals surface area (Å²) in [6.07, 6.45) is 0.0482. The molecule has 154 valence electrons. The van der Waals surface area contributed by atoms with E-state index >= 15 is 0 Å². The van der Waals surface area contributed by atoms with Crippen LogP contribution in [-0.4, -0.2) is 55.8 Å². The van der Waals surface area contributed by atoms with E-state index in [1.54, 1.807) is 4.90 Å². The van der Waals surface area contributed by atoms with Gasteiger partial charge in [-0.2, -0.15) is 4.31 Å². The number of carbonyl (C=O) groups excluding carboxylic acids is 1. The molecule has 0 radical (unpaired) electrons. The molecule has 2 aliphatic rings. The molecule has 7 heteroatoms. The fraction of sp³-hybridized carbons (Fsp3) is 0.409. The van der Waals surface area contributed by atoms with Crippen molar-refractivity contribution in [2.45, 2.75) is 38.2 Å². The van der Waals surface area contributed by atoms with Gasteiger partial charge in [0.1, 0.15) is 5.75 Å². The third-order valence-corrected chi connectivity index (χ3v) is 7.88. The molecule has 0 N–H and O–H groups in total. The zero-order chi connectivity index (χ0) is 20.8. The third kappa shape index (κ3) is 3.65. The lowest BCUT2D eigenvalue weighted by Gasteiger charge is -2.35. The van der Waals surface area contributed by atoms with Gasteiger partial charge >= 0.3 is 0 Å². The number of sulfonamides is 1. The van der Waals surface area contributed by atoms with E-state index < -0.39 is 16.1 Å². The second-order valence-corrected chi connectivity index (χ2v) is 9.75. The third-order valence-electron chi connectivity index (χ3n) is 5.68. The Morgan fingerprint density at radius 1 is 1.00 bits per heavy atom. The van der Waals surface area contributed by atoms with Crippen LogP contribution in [0.2, 0.25) is 0 Å². The first kappa shape index (κ1) is 19.9. The van der Waals surface area contributed by atoms with Crippen LogP contribution in [0, 0.1) is 20.8 Å². The lowest BCUT2D eigenvalue weighted by molar-refractivity contribution is -0.139. The number of hydrogen-bond acceptors (Lipinski definition) is 4. The Bertz CT molecular complexity index is 1010. The number of hydrogen-bond donors (Lipinski definition) is 0. The Morgan fingerprint density at radius 3 is 2.24 bits per heavy atom. The molecule has 1 amide bonds. The van der Waals surface area contributed by atoms with Crippen LogP contribution >= 0.6 is 0 Å². The number of piperazine rings is 1. The highest BCUT2D eigenvalue weighted by Crippen LogP contribution is 2.30. The van der Waals surface area contributed by atoms with E-state index in [4.69, 9.17) is 4.74 Å². The maximum Gasteiger partial charge on any atom is 0.264 e. The van der Waals surface area contributed by atoms with Gasteiger partial charge in [0.25, 0.3) is 5.91 Å². The number of aryl methyl sites for hydroxylation is 3. The largest absolute Gasteiger partial charge is 0.480 e. The number of ether oxygens (including phenoxy) is 1. The van der Waals surface area contributed by atoms with Crippen molar-refractivity contribution in [3.8, 4) is 5.75 Å². The van der Waals surface area contributed by atoms with E-state index in [0.29, 0.717) is 37.5 Å². The number of carbonyl (C=O) groups is 1. The lowest BCUT2D eigenvalue weighted by Crippen LogP contribution is -2.53. The summed E-state index contributed by atoms with van der Waals surface area (Å²) in [5.41, 5.74) is 3.61. The summed E-state index contributed by atoms with van der Waals surface area (Å²) in [7, 11) is -3.59. The standard InChI is InChI=1S/C22H26N2O4S/c1-15-12-16(2)21(17(3)13-15)29(26,27)24-10-8-23(9-11-24)22(25)20-14-18-6-4-5-7-19(18)28-20/h4-7,12-13,20H,8-11,14H2,1-3H3/t20-/m0/s1. The second-order valence-electron chi connectivity index (χ2n) is 7.88. The molecule has 0 aromatic heterocycles. The van der Waals surface area contributed by atoms with Gasteiger partial charge in [0, 0.05) is 32.6 Å². The smallest absolute Gasteiger partial charge is 0.264 e. The summed E-state index contributed by atoms with van der Waals surface area (Å²) in [5.74, 6) is 0.693. The quantitative estimate of drug-likeness (QED) is 0.774. The number of fused-ring (bicyclic) bond motifs is 1. The zero-order valence-corrected chi connectivity index (χ0v) is 17.8. The number of amides is 1. The predicted molar refractivity (Wildman–Crippen MR) is 111 cm³/mol. The van der Waals surface area contributed by atoms with Crippen molar-refractivity contribution in [1.82, 2.24) is 9.21 Å². The van der Waals surface area contributed by atoms with Crippen LogP contribution in [0.4, 0.5) is 0 Å². The number of benzene rings is 2. The maximum absolute atomic E-state index is 13.2. The Hall–Kier alpha value is -2.38. The molecule has 0 spiro atoms. The number of rotatable bonds is 3. The molecule has 2 aromatic rings. The van der Waals surface area contributed by atoms with Gasteiger partial charge in [0.2, 0.25) is 10.0 Å². The van der Waals surface area contributed by atoms with Crippen LogP contribution in [-0.2, 0) is 21.2 Å². The van der Waals surface area contributed by atoms with E-state index in [2.05, 4.69) is 0 Å². The van der Waals surface area contributed by atoms with Gasteiger partial charge in [-0.25, -0.2) is 8.42 Å². The molecular weight excluding hydrogens is 388 g/mol. The molecule has 1 atom stereocenters. The summed E-state index contributed by atoms with van der Waals surface area (Å²) in [5, 5.41) is 0. The van der Waals surface area contributed by atoms with Crippen molar-refractivity contribution >= 4 is 15.9 Å². The van der Waals surface area contributed by atoms with Gasteiger partial charge in [0.05, 0.1) is 4.90 Å². The highest BCUT2D eigenvalue weighted by molar-refractivity contribution is 7.89. The zero-order valence-electron chi connectivity index (χ0n) is 17.0. The summed E-state index contributed by atoms with van der Waals surface area (Å²) in [4.78, 5) is 15.0. The molecule has 1 saturated heterocycles. The lowest BCUT2D eigenvalue weighted by atomic mass is 10.1. The van der Waals surface area contributed by atoms with Crippen LogP contribution in [0.5, 0.6) is 5.75 Å².